The molecule has 2 aromatic rings. The minimum Gasteiger partial charge on any atom is -0.351 e. The molecule has 1 aromatic carbocycles. The van der Waals surface area contributed by atoms with Gasteiger partial charge in [-0.05, 0) is 38.1 Å². The van der Waals surface area contributed by atoms with Gasteiger partial charge in [0.2, 0.25) is 0 Å². The van der Waals surface area contributed by atoms with Gasteiger partial charge in [-0.1, -0.05) is 11.6 Å². The van der Waals surface area contributed by atoms with Crippen LogP contribution in [0.3, 0.4) is 0 Å². The summed E-state index contributed by atoms with van der Waals surface area (Å²) in [5, 5.41) is 9.79. The Labute approximate surface area is 184 Å². The van der Waals surface area contributed by atoms with Crippen LogP contribution in [0.15, 0.2) is 24.3 Å². The van der Waals surface area contributed by atoms with E-state index in [1.807, 2.05) is 0 Å². The number of halogens is 1. The second-order valence-electron chi connectivity index (χ2n) is 6.70. The summed E-state index contributed by atoms with van der Waals surface area (Å²) in [5.41, 5.74) is 1.25. The van der Waals surface area contributed by atoms with Gasteiger partial charge in [-0.25, -0.2) is 13.1 Å². The number of ether oxygens (including phenoxy) is 2. The fourth-order valence-electron chi connectivity index (χ4n) is 3.10. The third-order valence-corrected chi connectivity index (χ3v) is 6.13. The Morgan fingerprint density at radius 3 is 2.39 bits per heavy atom. The first-order valence-electron chi connectivity index (χ1n) is 9.63. The lowest BCUT2D eigenvalue weighted by Gasteiger charge is -2.17. The summed E-state index contributed by atoms with van der Waals surface area (Å²) < 4.78 is 36.1. The van der Waals surface area contributed by atoms with Crippen LogP contribution >= 0.6 is 11.6 Å². The third kappa shape index (κ3) is 5.62. The fourth-order valence-corrected chi connectivity index (χ4v) is 4.72. The van der Waals surface area contributed by atoms with Crippen molar-refractivity contribution in [2.75, 3.05) is 25.1 Å². The van der Waals surface area contributed by atoms with Crippen molar-refractivity contribution in [3.63, 3.8) is 0 Å². The SMILES string of the molecule is CCOC(CNC(=O)C(=O)Nc1c2c(nn1-c1ccc(Cl)cc1)CS(=O)(=O)C2)OCC. The van der Waals surface area contributed by atoms with Gasteiger partial charge in [0.1, 0.15) is 5.82 Å². The van der Waals surface area contributed by atoms with E-state index >= 15 is 0 Å². The lowest BCUT2D eigenvalue weighted by Crippen LogP contribution is -2.41. The van der Waals surface area contributed by atoms with Gasteiger partial charge >= 0.3 is 11.8 Å². The predicted molar refractivity (Wildman–Crippen MR) is 114 cm³/mol. The highest BCUT2D eigenvalue weighted by molar-refractivity contribution is 7.90. The number of hydrogen-bond donors (Lipinski definition) is 2. The summed E-state index contributed by atoms with van der Waals surface area (Å²) in [6, 6.07) is 6.62. The number of fused-ring (bicyclic) bond motifs is 1. The Morgan fingerprint density at radius 1 is 1.13 bits per heavy atom. The Kier molecular flexibility index (Phi) is 7.31. The number of carbonyl (C=O) groups excluding carboxylic acids is 2. The van der Waals surface area contributed by atoms with Gasteiger partial charge in [0, 0.05) is 23.8 Å². The molecule has 12 heteroatoms. The number of nitrogens with one attached hydrogen (secondary N) is 2. The lowest BCUT2D eigenvalue weighted by atomic mass is 10.2. The number of aromatic nitrogens is 2. The van der Waals surface area contributed by atoms with Crippen LogP contribution in [0.1, 0.15) is 25.1 Å². The van der Waals surface area contributed by atoms with E-state index in [2.05, 4.69) is 15.7 Å². The normalized spacial score (nSPS) is 14.5. The number of rotatable bonds is 8. The van der Waals surface area contributed by atoms with Gasteiger partial charge in [0.25, 0.3) is 0 Å². The Morgan fingerprint density at radius 2 is 1.77 bits per heavy atom. The zero-order valence-electron chi connectivity index (χ0n) is 17.1. The van der Waals surface area contributed by atoms with Crippen LogP contribution in [-0.2, 0) is 40.4 Å². The molecule has 0 atom stereocenters. The minimum atomic E-state index is -3.36. The molecule has 10 nitrogen and oxygen atoms in total. The fraction of sp³-hybridized carbons (Fsp3) is 0.421. The second-order valence-corrected chi connectivity index (χ2v) is 9.20. The van der Waals surface area contributed by atoms with Crippen LogP contribution in [0, 0.1) is 0 Å². The number of amides is 2. The molecule has 0 unspecified atom stereocenters. The summed E-state index contributed by atoms with van der Waals surface area (Å²) >= 11 is 5.93. The number of carbonyl (C=O) groups is 2. The molecule has 168 valence electrons. The first-order valence-corrected chi connectivity index (χ1v) is 11.8. The van der Waals surface area contributed by atoms with Gasteiger partial charge < -0.3 is 20.1 Å². The molecule has 0 saturated carbocycles. The zero-order chi connectivity index (χ0) is 22.6. The topological polar surface area (TPSA) is 129 Å². The lowest BCUT2D eigenvalue weighted by molar-refractivity contribution is -0.145. The molecule has 0 spiro atoms. The van der Waals surface area contributed by atoms with Crippen LogP contribution in [0.25, 0.3) is 5.69 Å². The van der Waals surface area contributed by atoms with Crippen molar-refractivity contribution in [3.05, 3.63) is 40.5 Å². The van der Waals surface area contributed by atoms with Gasteiger partial charge in [-0.15, -0.1) is 0 Å². The maximum atomic E-state index is 12.5. The number of benzene rings is 1. The predicted octanol–water partition coefficient (Wildman–Crippen LogP) is 1.41. The van der Waals surface area contributed by atoms with Crippen LogP contribution in [0.5, 0.6) is 0 Å². The molecule has 2 N–H and O–H groups in total. The number of nitrogens with zero attached hydrogens (tertiary/aromatic N) is 2. The molecule has 0 radical (unpaired) electrons. The van der Waals surface area contributed by atoms with Crippen LogP contribution in [0.2, 0.25) is 5.02 Å². The highest BCUT2D eigenvalue weighted by atomic mass is 35.5. The van der Waals surface area contributed by atoms with Crippen molar-refractivity contribution in [1.82, 2.24) is 15.1 Å². The summed E-state index contributed by atoms with van der Waals surface area (Å²) in [4.78, 5) is 24.8. The van der Waals surface area contributed by atoms with E-state index in [0.29, 0.717) is 35.2 Å². The highest BCUT2D eigenvalue weighted by Gasteiger charge is 2.34. The van der Waals surface area contributed by atoms with Gasteiger partial charge in [0.05, 0.1) is 29.4 Å². The summed E-state index contributed by atoms with van der Waals surface area (Å²) in [6.07, 6.45) is -0.680. The van der Waals surface area contributed by atoms with Crippen LogP contribution < -0.4 is 10.6 Å². The summed E-state index contributed by atoms with van der Waals surface area (Å²) in [7, 11) is -3.36. The molecule has 1 aliphatic rings. The monoisotopic (exact) mass is 470 g/mol. The zero-order valence-corrected chi connectivity index (χ0v) is 18.6. The Bertz CT molecular complexity index is 1060. The van der Waals surface area contributed by atoms with E-state index < -0.39 is 27.9 Å². The molecule has 31 heavy (non-hydrogen) atoms. The van der Waals surface area contributed by atoms with E-state index in [-0.39, 0.29) is 23.9 Å². The molecule has 0 fully saturated rings. The maximum absolute atomic E-state index is 12.5. The van der Waals surface area contributed by atoms with Gasteiger partial charge in [-0.2, -0.15) is 5.10 Å². The van der Waals surface area contributed by atoms with Gasteiger partial charge in [0.15, 0.2) is 16.1 Å². The average molecular weight is 471 g/mol. The number of anilines is 1. The molecule has 0 saturated heterocycles. The second kappa shape index (κ2) is 9.77. The van der Waals surface area contributed by atoms with Crippen molar-refractivity contribution >= 4 is 39.1 Å². The van der Waals surface area contributed by atoms with Crippen molar-refractivity contribution in [2.45, 2.75) is 31.6 Å². The summed E-state index contributed by atoms with van der Waals surface area (Å²) in [6.45, 7) is 4.32. The van der Waals surface area contributed by atoms with Crippen molar-refractivity contribution in [1.29, 1.82) is 0 Å². The van der Waals surface area contributed by atoms with Crippen LogP contribution in [0.4, 0.5) is 5.82 Å². The standard InChI is InChI=1S/C19H23ClN4O6S/c1-3-29-16(30-4-2)9-21-18(25)19(26)22-17-14-10-31(27,28)11-15(14)23-24(17)13-7-5-12(20)6-8-13/h5-8,16H,3-4,9-11H2,1-2H3,(H,21,25)(H,22,26). The van der Waals surface area contributed by atoms with Crippen molar-refractivity contribution in [3.8, 4) is 5.69 Å². The minimum absolute atomic E-state index is 0.0170. The third-order valence-electron chi connectivity index (χ3n) is 4.43. The van der Waals surface area contributed by atoms with E-state index in [9.17, 15) is 18.0 Å². The molecule has 3 rings (SSSR count). The Balaban J connectivity index is 1.80. The molecule has 0 bridgehead atoms. The van der Waals surface area contributed by atoms with Crippen molar-refractivity contribution in [2.24, 2.45) is 0 Å². The maximum Gasteiger partial charge on any atom is 0.314 e. The number of hydrogen-bond acceptors (Lipinski definition) is 7. The largest absolute Gasteiger partial charge is 0.351 e. The highest BCUT2D eigenvalue weighted by Crippen LogP contribution is 2.33. The number of sulfone groups is 1. The molecule has 1 aromatic heterocycles. The Hall–Kier alpha value is -2.47. The first kappa shape index (κ1) is 23.2. The molecule has 2 heterocycles. The van der Waals surface area contributed by atoms with E-state index in [4.69, 9.17) is 21.1 Å². The quantitative estimate of drug-likeness (QED) is 0.440. The summed E-state index contributed by atoms with van der Waals surface area (Å²) in [5.74, 6) is -2.26. The van der Waals surface area contributed by atoms with Crippen LogP contribution in [-0.4, -0.2) is 56.1 Å². The van der Waals surface area contributed by atoms with E-state index in [1.165, 1.54) is 4.68 Å². The van der Waals surface area contributed by atoms with E-state index in [1.54, 1.807) is 38.1 Å². The smallest absolute Gasteiger partial charge is 0.314 e. The molecule has 1 aliphatic heterocycles. The molecular formula is C19H23ClN4O6S. The molecule has 2 amide bonds. The van der Waals surface area contributed by atoms with Gasteiger partial charge in [-0.3, -0.25) is 9.59 Å². The molecular weight excluding hydrogens is 448 g/mol. The van der Waals surface area contributed by atoms with Crippen molar-refractivity contribution < 1.29 is 27.5 Å². The van der Waals surface area contributed by atoms with E-state index in [0.717, 1.165) is 0 Å². The average Bonchev–Trinajstić information content (AvgIpc) is 3.19. The first-order chi connectivity index (χ1) is 14.7. The molecule has 0 aliphatic carbocycles.